The monoisotopic (exact) mass is 302 g/mol. The number of halogens is 2. The summed E-state index contributed by atoms with van der Waals surface area (Å²) >= 11 is 3.35. The summed E-state index contributed by atoms with van der Waals surface area (Å²) < 4.78 is 14.5. The summed E-state index contributed by atoms with van der Waals surface area (Å²) in [6.45, 7) is 4.33. The standard InChI is InChI=1S/C13H20BrFN2/c1-3-9(2)6-12(17-16)8-10-7-11(14)4-5-13(10)15/h4-5,7,9,12,17H,3,6,8,16H2,1-2H3. The van der Waals surface area contributed by atoms with Gasteiger partial charge in [0.05, 0.1) is 0 Å². The van der Waals surface area contributed by atoms with Crippen molar-refractivity contribution in [2.45, 2.75) is 39.2 Å². The smallest absolute Gasteiger partial charge is 0.126 e. The first kappa shape index (κ1) is 14.6. The van der Waals surface area contributed by atoms with Gasteiger partial charge in [-0.3, -0.25) is 11.3 Å². The molecular formula is C13H20BrFN2. The fourth-order valence-corrected chi connectivity index (χ4v) is 2.24. The highest BCUT2D eigenvalue weighted by Crippen LogP contribution is 2.19. The van der Waals surface area contributed by atoms with E-state index >= 15 is 0 Å². The van der Waals surface area contributed by atoms with E-state index in [1.54, 1.807) is 6.07 Å². The van der Waals surface area contributed by atoms with Gasteiger partial charge >= 0.3 is 0 Å². The van der Waals surface area contributed by atoms with E-state index in [4.69, 9.17) is 5.84 Å². The second-order valence-electron chi connectivity index (χ2n) is 4.55. The second kappa shape index (κ2) is 7.09. The molecule has 4 heteroatoms. The van der Waals surface area contributed by atoms with Crippen LogP contribution in [0.3, 0.4) is 0 Å². The van der Waals surface area contributed by atoms with Crippen LogP contribution in [0.4, 0.5) is 4.39 Å². The summed E-state index contributed by atoms with van der Waals surface area (Å²) in [7, 11) is 0. The van der Waals surface area contributed by atoms with Gasteiger partial charge in [-0.1, -0.05) is 36.2 Å². The lowest BCUT2D eigenvalue weighted by molar-refractivity contribution is 0.393. The third-order valence-electron chi connectivity index (χ3n) is 3.09. The zero-order valence-electron chi connectivity index (χ0n) is 10.3. The number of hydrazine groups is 1. The lowest BCUT2D eigenvalue weighted by atomic mass is 9.95. The molecule has 0 saturated heterocycles. The lowest BCUT2D eigenvalue weighted by Crippen LogP contribution is -2.38. The Morgan fingerprint density at radius 1 is 1.47 bits per heavy atom. The van der Waals surface area contributed by atoms with E-state index in [-0.39, 0.29) is 11.9 Å². The van der Waals surface area contributed by atoms with Crippen molar-refractivity contribution in [1.82, 2.24) is 5.43 Å². The molecule has 1 aromatic carbocycles. The molecule has 1 rings (SSSR count). The predicted molar refractivity (Wildman–Crippen MR) is 73.0 cm³/mol. The van der Waals surface area contributed by atoms with Gasteiger partial charge in [-0.2, -0.15) is 0 Å². The molecule has 0 saturated carbocycles. The minimum atomic E-state index is -0.169. The highest BCUT2D eigenvalue weighted by molar-refractivity contribution is 9.10. The third kappa shape index (κ3) is 4.74. The van der Waals surface area contributed by atoms with E-state index in [9.17, 15) is 4.39 Å². The van der Waals surface area contributed by atoms with E-state index in [1.165, 1.54) is 6.07 Å². The predicted octanol–water partition coefficient (Wildman–Crippen LogP) is 3.40. The van der Waals surface area contributed by atoms with Crippen LogP contribution in [-0.4, -0.2) is 6.04 Å². The Labute approximate surface area is 111 Å². The van der Waals surface area contributed by atoms with E-state index in [1.807, 2.05) is 6.07 Å². The number of hydrogen-bond donors (Lipinski definition) is 2. The van der Waals surface area contributed by atoms with Crippen molar-refractivity contribution in [1.29, 1.82) is 0 Å². The van der Waals surface area contributed by atoms with Crippen LogP contribution in [0.5, 0.6) is 0 Å². The van der Waals surface area contributed by atoms with Gasteiger partial charge in [0.25, 0.3) is 0 Å². The molecular weight excluding hydrogens is 283 g/mol. The molecule has 0 aliphatic rings. The van der Waals surface area contributed by atoms with Crippen LogP contribution in [0, 0.1) is 11.7 Å². The van der Waals surface area contributed by atoms with Gasteiger partial charge < -0.3 is 0 Å². The van der Waals surface area contributed by atoms with Crippen molar-refractivity contribution in [2.24, 2.45) is 11.8 Å². The summed E-state index contributed by atoms with van der Waals surface area (Å²) in [5.74, 6) is 5.95. The molecule has 96 valence electrons. The Morgan fingerprint density at radius 3 is 2.76 bits per heavy atom. The SMILES string of the molecule is CCC(C)CC(Cc1cc(Br)ccc1F)NN. The highest BCUT2D eigenvalue weighted by atomic mass is 79.9. The van der Waals surface area contributed by atoms with Gasteiger partial charge in [-0.15, -0.1) is 0 Å². The van der Waals surface area contributed by atoms with Crippen molar-refractivity contribution in [3.63, 3.8) is 0 Å². The highest BCUT2D eigenvalue weighted by Gasteiger charge is 2.14. The second-order valence-corrected chi connectivity index (χ2v) is 5.47. The number of benzene rings is 1. The number of hydrogen-bond acceptors (Lipinski definition) is 2. The molecule has 0 aliphatic carbocycles. The molecule has 0 aliphatic heterocycles. The maximum absolute atomic E-state index is 13.6. The van der Waals surface area contributed by atoms with Crippen LogP contribution in [0.15, 0.2) is 22.7 Å². The Morgan fingerprint density at radius 2 is 2.18 bits per heavy atom. The Bertz CT molecular complexity index is 357. The van der Waals surface area contributed by atoms with Crippen LogP contribution in [0.2, 0.25) is 0 Å². The van der Waals surface area contributed by atoms with E-state index in [2.05, 4.69) is 35.2 Å². The van der Waals surface area contributed by atoms with Crippen LogP contribution in [-0.2, 0) is 6.42 Å². The van der Waals surface area contributed by atoms with Gasteiger partial charge in [0.1, 0.15) is 5.82 Å². The first-order valence-corrected chi connectivity index (χ1v) is 6.76. The average Bonchev–Trinajstić information content (AvgIpc) is 2.32. The maximum Gasteiger partial charge on any atom is 0.126 e. The molecule has 0 fully saturated rings. The first-order chi connectivity index (χ1) is 8.06. The third-order valence-corrected chi connectivity index (χ3v) is 3.59. The van der Waals surface area contributed by atoms with Crippen LogP contribution < -0.4 is 11.3 Å². The van der Waals surface area contributed by atoms with E-state index < -0.39 is 0 Å². The molecule has 2 nitrogen and oxygen atoms in total. The number of rotatable bonds is 6. The molecule has 2 atom stereocenters. The molecule has 0 bridgehead atoms. The Hall–Kier alpha value is -0.450. The zero-order chi connectivity index (χ0) is 12.8. The Balaban J connectivity index is 2.69. The van der Waals surface area contributed by atoms with Crippen molar-refractivity contribution < 1.29 is 4.39 Å². The van der Waals surface area contributed by atoms with Gasteiger partial charge in [0, 0.05) is 10.5 Å². The van der Waals surface area contributed by atoms with Gasteiger partial charge in [-0.05, 0) is 42.5 Å². The van der Waals surface area contributed by atoms with Crippen molar-refractivity contribution >= 4 is 15.9 Å². The molecule has 0 spiro atoms. The molecule has 0 aromatic heterocycles. The largest absolute Gasteiger partial charge is 0.271 e. The fourth-order valence-electron chi connectivity index (χ4n) is 1.83. The number of nitrogens with one attached hydrogen (secondary N) is 1. The maximum atomic E-state index is 13.6. The molecule has 0 amide bonds. The first-order valence-electron chi connectivity index (χ1n) is 5.96. The molecule has 1 aromatic rings. The van der Waals surface area contributed by atoms with Crippen molar-refractivity contribution in [3.8, 4) is 0 Å². The summed E-state index contributed by atoms with van der Waals surface area (Å²) in [6.07, 6.45) is 2.68. The van der Waals surface area contributed by atoms with Crippen LogP contribution >= 0.6 is 15.9 Å². The van der Waals surface area contributed by atoms with Gasteiger partial charge in [-0.25, -0.2) is 4.39 Å². The Kier molecular flexibility index (Phi) is 6.09. The van der Waals surface area contributed by atoms with E-state index in [0.29, 0.717) is 17.9 Å². The van der Waals surface area contributed by atoms with Crippen molar-refractivity contribution in [2.75, 3.05) is 0 Å². The average molecular weight is 303 g/mol. The van der Waals surface area contributed by atoms with Gasteiger partial charge in [0.15, 0.2) is 0 Å². The molecule has 17 heavy (non-hydrogen) atoms. The van der Waals surface area contributed by atoms with Crippen LogP contribution in [0.1, 0.15) is 32.3 Å². The summed E-state index contributed by atoms with van der Waals surface area (Å²) in [6, 6.07) is 5.12. The zero-order valence-corrected chi connectivity index (χ0v) is 11.9. The van der Waals surface area contributed by atoms with Gasteiger partial charge in [0.2, 0.25) is 0 Å². The quantitative estimate of drug-likeness (QED) is 0.624. The molecule has 2 unspecified atom stereocenters. The molecule has 0 heterocycles. The minimum Gasteiger partial charge on any atom is -0.271 e. The molecule has 0 radical (unpaired) electrons. The number of nitrogens with two attached hydrogens (primary N) is 1. The minimum absolute atomic E-state index is 0.119. The normalized spacial score (nSPS) is 14.6. The molecule has 3 N–H and O–H groups in total. The van der Waals surface area contributed by atoms with E-state index in [0.717, 1.165) is 17.3 Å². The fraction of sp³-hybridized carbons (Fsp3) is 0.538. The lowest BCUT2D eigenvalue weighted by Gasteiger charge is -2.19. The van der Waals surface area contributed by atoms with Crippen LogP contribution in [0.25, 0.3) is 0 Å². The summed E-state index contributed by atoms with van der Waals surface area (Å²) in [4.78, 5) is 0. The van der Waals surface area contributed by atoms with Crippen molar-refractivity contribution in [3.05, 3.63) is 34.1 Å². The topological polar surface area (TPSA) is 38.0 Å². The summed E-state index contributed by atoms with van der Waals surface area (Å²) in [5.41, 5.74) is 3.48. The summed E-state index contributed by atoms with van der Waals surface area (Å²) in [5, 5.41) is 0.